The van der Waals surface area contributed by atoms with Crippen LogP contribution in [0.15, 0.2) is 72.8 Å². The lowest BCUT2D eigenvalue weighted by Gasteiger charge is -2.23. The second-order valence-electron chi connectivity index (χ2n) is 5.91. The first-order valence-corrected chi connectivity index (χ1v) is 8.33. The molecule has 0 aromatic heterocycles. The van der Waals surface area contributed by atoms with Crippen LogP contribution in [-0.2, 0) is 27.5 Å². The molecule has 0 heterocycles. The summed E-state index contributed by atoms with van der Waals surface area (Å²) in [6, 6.07) is 19.9. The van der Waals surface area contributed by atoms with Crippen molar-refractivity contribution in [3.05, 3.63) is 83.9 Å². The highest BCUT2D eigenvalue weighted by Gasteiger charge is 2.29. The second-order valence-corrected chi connectivity index (χ2v) is 5.91. The molecule has 0 aliphatic heterocycles. The number of allylic oxidation sites excluding steroid dienone is 1. The zero-order valence-corrected chi connectivity index (χ0v) is 13.6. The third-order valence-electron chi connectivity index (χ3n) is 4.06. The van der Waals surface area contributed by atoms with Crippen LogP contribution < -0.4 is 0 Å². The van der Waals surface area contributed by atoms with Gasteiger partial charge in [0, 0.05) is 6.42 Å². The van der Waals surface area contributed by atoms with Crippen molar-refractivity contribution < 1.29 is 14.3 Å². The van der Waals surface area contributed by atoms with Gasteiger partial charge >= 0.3 is 0 Å². The molecule has 1 aliphatic rings. The standard InChI is InChI=1S/C21H22O3/c22-19-13-7-8-14-20(23-15-17-9-3-1-4-10-17)21(19)24-16-18-11-5-2-6-12-18/h1-6,8-12,14,20-21H,7,13,15-16H2/t20-,21-/m0/s1. The Kier molecular flexibility index (Phi) is 5.94. The molecule has 2 aromatic carbocycles. The van der Waals surface area contributed by atoms with Crippen LogP contribution in [0.1, 0.15) is 24.0 Å². The Labute approximate surface area is 142 Å². The highest BCUT2D eigenvalue weighted by Crippen LogP contribution is 2.19. The molecule has 1 aliphatic carbocycles. The fourth-order valence-corrected chi connectivity index (χ4v) is 2.74. The molecule has 0 amide bonds. The van der Waals surface area contributed by atoms with Crippen molar-refractivity contribution in [2.45, 2.75) is 38.3 Å². The topological polar surface area (TPSA) is 35.5 Å². The smallest absolute Gasteiger partial charge is 0.164 e. The molecule has 0 saturated heterocycles. The van der Waals surface area contributed by atoms with Crippen LogP contribution in [0.4, 0.5) is 0 Å². The lowest BCUT2D eigenvalue weighted by molar-refractivity contribution is -0.140. The maximum Gasteiger partial charge on any atom is 0.164 e. The van der Waals surface area contributed by atoms with E-state index in [1.807, 2.05) is 72.8 Å². The molecule has 0 radical (unpaired) electrons. The Hall–Kier alpha value is -2.23. The number of ether oxygens (including phenoxy) is 2. The molecule has 3 rings (SSSR count). The Bertz CT molecular complexity index is 664. The van der Waals surface area contributed by atoms with Crippen molar-refractivity contribution in [2.75, 3.05) is 0 Å². The normalized spacial score (nSPS) is 20.8. The van der Waals surface area contributed by atoms with Crippen LogP contribution in [0.5, 0.6) is 0 Å². The Morgan fingerprint density at radius 1 is 0.833 bits per heavy atom. The van der Waals surface area contributed by atoms with E-state index in [1.165, 1.54) is 0 Å². The summed E-state index contributed by atoms with van der Waals surface area (Å²) >= 11 is 0. The highest BCUT2D eigenvalue weighted by molar-refractivity contribution is 5.84. The van der Waals surface area contributed by atoms with Gasteiger partial charge in [0.2, 0.25) is 0 Å². The molecule has 124 valence electrons. The van der Waals surface area contributed by atoms with Crippen molar-refractivity contribution >= 4 is 5.78 Å². The first-order valence-electron chi connectivity index (χ1n) is 8.33. The minimum Gasteiger partial charge on any atom is -0.366 e. The highest BCUT2D eigenvalue weighted by atomic mass is 16.5. The summed E-state index contributed by atoms with van der Waals surface area (Å²) in [5.74, 6) is 0.106. The van der Waals surface area contributed by atoms with Crippen molar-refractivity contribution in [3.63, 3.8) is 0 Å². The molecule has 2 atom stereocenters. The summed E-state index contributed by atoms with van der Waals surface area (Å²) in [6.07, 6.45) is 4.33. The van der Waals surface area contributed by atoms with Gasteiger partial charge in [-0.05, 0) is 17.5 Å². The number of carbonyl (C=O) groups excluding carboxylic acids is 1. The summed E-state index contributed by atoms with van der Waals surface area (Å²) in [4.78, 5) is 12.4. The minimum absolute atomic E-state index is 0.106. The SMILES string of the molecule is O=C1CCC=C[C@H](OCc2ccccc2)[C@H]1OCc1ccccc1. The van der Waals surface area contributed by atoms with Crippen LogP contribution in [0.2, 0.25) is 0 Å². The van der Waals surface area contributed by atoms with Crippen LogP contribution >= 0.6 is 0 Å². The molecule has 24 heavy (non-hydrogen) atoms. The predicted octanol–water partition coefficient (Wildman–Crippen LogP) is 4.08. The maximum atomic E-state index is 12.4. The number of Topliss-reactive ketones (excluding diaryl/α,β-unsaturated/α-hetero) is 1. The van der Waals surface area contributed by atoms with Gasteiger partial charge in [0.25, 0.3) is 0 Å². The molecule has 2 aromatic rings. The fraction of sp³-hybridized carbons (Fsp3) is 0.286. The quantitative estimate of drug-likeness (QED) is 0.752. The molecule has 0 fully saturated rings. The number of carbonyl (C=O) groups is 1. The monoisotopic (exact) mass is 322 g/mol. The van der Waals surface area contributed by atoms with Crippen molar-refractivity contribution in [1.29, 1.82) is 0 Å². The van der Waals surface area contributed by atoms with Gasteiger partial charge in [-0.2, -0.15) is 0 Å². The Morgan fingerprint density at radius 3 is 2.04 bits per heavy atom. The first kappa shape index (κ1) is 16.6. The molecule has 0 spiro atoms. The molecule has 0 N–H and O–H groups in total. The van der Waals surface area contributed by atoms with E-state index in [0.717, 1.165) is 17.5 Å². The van der Waals surface area contributed by atoms with Crippen LogP contribution in [0.3, 0.4) is 0 Å². The van der Waals surface area contributed by atoms with Crippen molar-refractivity contribution in [1.82, 2.24) is 0 Å². The average molecular weight is 322 g/mol. The molecular weight excluding hydrogens is 300 g/mol. The van der Waals surface area contributed by atoms with Crippen LogP contribution in [0.25, 0.3) is 0 Å². The van der Waals surface area contributed by atoms with E-state index in [4.69, 9.17) is 9.47 Å². The maximum absolute atomic E-state index is 12.4. The lowest BCUT2D eigenvalue weighted by Crippen LogP contribution is -2.36. The number of ketones is 1. The summed E-state index contributed by atoms with van der Waals surface area (Å²) in [6.45, 7) is 0.880. The largest absolute Gasteiger partial charge is 0.366 e. The minimum atomic E-state index is -0.548. The fourth-order valence-electron chi connectivity index (χ4n) is 2.74. The molecular formula is C21H22O3. The molecule has 0 unspecified atom stereocenters. The van der Waals surface area contributed by atoms with E-state index in [9.17, 15) is 4.79 Å². The molecule has 3 nitrogen and oxygen atoms in total. The average Bonchev–Trinajstić information content (AvgIpc) is 2.81. The number of benzene rings is 2. The molecule has 0 bridgehead atoms. The van der Waals surface area contributed by atoms with Gasteiger partial charge in [-0.1, -0.05) is 72.8 Å². The van der Waals surface area contributed by atoms with E-state index in [-0.39, 0.29) is 11.9 Å². The number of hydrogen-bond acceptors (Lipinski definition) is 3. The van der Waals surface area contributed by atoms with E-state index in [2.05, 4.69) is 0 Å². The van der Waals surface area contributed by atoms with Crippen LogP contribution in [0, 0.1) is 0 Å². The Balaban J connectivity index is 1.65. The summed E-state index contributed by atoms with van der Waals surface area (Å²) in [7, 11) is 0. The third-order valence-corrected chi connectivity index (χ3v) is 4.06. The van der Waals surface area contributed by atoms with Gasteiger partial charge in [-0.15, -0.1) is 0 Å². The zero-order chi connectivity index (χ0) is 16.6. The second kappa shape index (κ2) is 8.57. The van der Waals surface area contributed by atoms with Crippen molar-refractivity contribution in [2.24, 2.45) is 0 Å². The molecule has 0 saturated carbocycles. The summed E-state index contributed by atoms with van der Waals surface area (Å²) < 4.78 is 11.9. The van der Waals surface area contributed by atoms with E-state index in [1.54, 1.807) is 0 Å². The first-order chi connectivity index (χ1) is 11.8. The third kappa shape index (κ3) is 4.63. The van der Waals surface area contributed by atoms with Gasteiger partial charge in [0.1, 0.15) is 12.2 Å². The van der Waals surface area contributed by atoms with Gasteiger partial charge in [0.15, 0.2) is 5.78 Å². The van der Waals surface area contributed by atoms with Gasteiger partial charge in [0.05, 0.1) is 13.2 Å². The van der Waals surface area contributed by atoms with Crippen LogP contribution in [-0.4, -0.2) is 18.0 Å². The predicted molar refractivity (Wildman–Crippen MR) is 93.4 cm³/mol. The number of rotatable bonds is 6. The Morgan fingerprint density at radius 2 is 1.42 bits per heavy atom. The van der Waals surface area contributed by atoms with E-state index >= 15 is 0 Å². The lowest BCUT2D eigenvalue weighted by atomic mass is 10.1. The van der Waals surface area contributed by atoms with Crippen molar-refractivity contribution in [3.8, 4) is 0 Å². The summed E-state index contributed by atoms with van der Waals surface area (Å²) in [5, 5.41) is 0. The van der Waals surface area contributed by atoms with E-state index < -0.39 is 6.10 Å². The van der Waals surface area contributed by atoms with Gasteiger partial charge < -0.3 is 9.47 Å². The van der Waals surface area contributed by atoms with E-state index in [0.29, 0.717) is 19.6 Å². The summed E-state index contributed by atoms with van der Waals surface area (Å²) in [5.41, 5.74) is 2.14. The number of hydrogen-bond donors (Lipinski definition) is 0. The molecule has 3 heteroatoms. The zero-order valence-electron chi connectivity index (χ0n) is 13.6. The van der Waals surface area contributed by atoms with Gasteiger partial charge in [-0.3, -0.25) is 4.79 Å². The van der Waals surface area contributed by atoms with Gasteiger partial charge in [-0.25, -0.2) is 0 Å².